The summed E-state index contributed by atoms with van der Waals surface area (Å²) in [7, 11) is 0. The van der Waals surface area contributed by atoms with Crippen molar-refractivity contribution >= 4 is 5.69 Å². The number of hydrogen-bond donors (Lipinski definition) is 2. The third-order valence-electron chi connectivity index (χ3n) is 3.55. The second-order valence-corrected chi connectivity index (χ2v) is 4.91. The molecule has 1 aromatic heterocycles. The van der Waals surface area contributed by atoms with E-state index in [2.05, 4.69) is 29.1 Å². The second kappa shape index (κ2) is 6.99. The van der Waals surface area contributed by atoms with Crippen LogP contribution in [0.4, 0.5) is 5.69 Å². The fraction of sp³-hybridized carbons (Fsp3) is 0.400. The van der Waals surface area contributed by atoms with Gasteiger partial charge in [-0.15, -0.1) is 0 Å². The topological polar surface area (TPSA) is 83.8 Å². The van der Waals surface area contributed by atoms with E-state index >= 15 is 0 Å². The zero-order valence-corrected chi connectivity index (χ0v) is 12.2. The standard InChI is InChI=1S/C15H20N4O2/c1-3-13(11-6-5-7-12(10-11)19(20)21)18-14(4-2)15-16-8-9-17-15/h5-10,13-14,18H,3-4H2,1-2H3,(H,16,17). The predicted octanol–water partition coefficient (Wildman–Crippen LogP) is 3.51. The first-order valence-corrected chi connectivity index (χ1v) is 7.15. The van der Waals surface area contributed by atoms with Gasteiger partial charge in [-0.25, -0.2) is 4.98 Å². The van der Waals surface area contributed by atoms with E-state index in [0.29, 0.717) is 0 Å². The Kier molecular flexibility index (Phi) is 5.05. The molecule has 0 saturated carbocycles. The Balaban J connectivity index is 2.19. The normalized spacial score (nSPS) is 13.8. The van der Waals surface area contributed by atoms with Crippen LogP contribution in [0.15, 0.2) is 36.7 Å². The highest BCUT2D eigenvalue weighted by molar-refractivity contribution is 5.35. The maximum Gasteiger partial charge on any atom is 0.269 e. The molecule has 21 heavy (non-hydrogen) atoms. The summed E-state index contributed by atoms with van der Waals surface area (Å²) < 4.78 is 0. The number of H-pyrrole nitrogens is 1. The number of non-ortho nitro benzene ring substituents is 1. The molecule has 0 saturated heterocycles. The van der Waals surface area contributed by atoms with Gasteiger partial charge in [0, 0.05) is 30.6 Å². The van der Waals surface area contributed by atoms with Gasteiger partial charge in [-0.1, -0.05) is 26.0 Å². The van der Waals surface area contributed by atoms with Crippen LogP contribution < -0.4 is 5.32 Å². The summed E-state index contributed by atoms with van der Waals surface area (Å²) in [5, 5.41) is 14.4. The minimum atomic E-state index is -0.361. The number of benzene rings is 1. The average Bonchev–Trinajstić information content (AvgIpc) is 3.03. The molecular weight excluding hydrogens is 268 g/mol. The highest BCUT2D eigenvalue weighted by Gasteiger charge is 2.19. The predicted molar refractivity (Wildman–Crippen MR) is 80.9 cm³/mol. The lowest BCUT2D eigenvalue weighted by molar-refractivity contribution is -0.384. The van der Waals surface area contributed by atoms with Gasteiger partial charge in [0.05, 0.1) is 11.0 Å². The Morgan fingerprint density at radius 3 is 2.67 bits per heavy atom. The minimum Gasteiger partial charge on any atom is -0.347 e. The van der Waals surface area contributed by atoms with Crippen molar-refractivity contribution in [3.8, 4) is 0 Å². The number of nitro benzene ring substituents is 1. The Bertz CT molecular complexity index is 583. The Morgan fingerprint density at radius 1 is 1.33 bits per heavy atom. The lowest BCUT2D eigenvalue weighted by Gasteiger charge is -2.23. The zero-order valence-electron chi connectivity index (χ0n) is 12.2. The van der Waals surface area contributed by atoms with Crippen LogP contribution in [-0.2, 0) is 0 Å². The zero-order chi connectivity index (χ0) is 15.2. The lowest BCUT2D eigenvalue weighted by atomic mass is 10.0. The van der Waals surface area contributed by atoms with Crippen molar-refractivity contribution in [1.82, 2.24) is 15.3 Å². The van der Waals surface area contributed by atoms with Crippen molar-refractivity contribution in [3.63, 3.8) is 0 Å². The van der Waals surface area contributed by atoms with Crippen LogP contribution in [0.3, 0.4) is 0 Å². The number of imidazole rings is 1. The van der Waals surface area contributed by atoms with E-state index in [-0.39, 0.29) is 22.7 Å². The van der Waals surface area contributed by atoms with Crippen LogP contribution in [0.25, 0.3) is 0 Å². The molecule has 0 aliphatic carbocycles. The number of aromatic amines is 1. The molecule has 0 aliphatic heterocycles. The van der Waals surface area contributed by atoms with Crippen molar-refractivity contribution in [2.24, 2.45) is 0 Å². The maximum absolute atomic E-state index is 10.9. The van der Waals surface area contributed by atoms with Crippen molar-refractivity contribution in [2.45, 2.75) is 38.8 Å². The van der Waals surface area contributed by atoms with E-state index in [0.717, 1.165) is 24.2 Å². The van der Waals surface area contributed by atoms with Crippen LogP contribution in [0.1, 0.15) is 50.2 Å². The maximum atomic E-state index is 10.9. The molecule has 0 amide bonds. The Labute approximate surface area is 123 Å². The molecule has 0 aliphatic rings. The first-order chi connectivity index (χ1) is 10.2. The van der Waals surface area contributed by atoms with Crippen LogP contribution in [0.5, 0.6) is 0 Å². The molecule has 6 heteroatoms. The third-order valence-corrected chi connectivity index (χ3v) is 3.55. The van der Waals surface area contributed by atoms with E-state index in [1.165, 1.54) is 6.07 Å². The van der Waals surface area contributed by atoms with Gasteiger partial charge in [-0.3, -0.25) is 10.1 Å². The van der Waals surface area contributed by atoms with Gasteiger partial charge in [-0.05, 0) is 18.4 Å². The molecule has 0 spiro atoms. The van der Waals surface area contributed by atoms with E-state index in [4.69, 9.17) is 0 Å². The van der Waals surface area contributed by atoms with Crippen LogP contribution in [-0.4, -0.2) is 14.9 Å². The van der Waals surface area contributed by atoms with Crippen molar-refractivity contribution in [1.29, 1.82) is 0 Å². The van der Waals surface area contributed by atoms with Gasteiger partial charge in [-0.2, -0.15) is 0 Å². The number of hydrogen-bond acceptors (Lipinski definition) is 4. The fourth-order valence-corrected chi connectivity index (χ4v) is 2.41. The largest absolute Gasteiger partial charge is 0.347 e. The Morgan fingerprint density at radius 2 is 2.10 bits per heavy atom. The molecule has 1 aromatic carbocycles. The first kappa shape index (κ1) is 15.2. The van der Waals surface area contributed by atoms with E-state index in [1.54, 1.807) is 24.5 Å². The van der Waals surface area contributed by atoms with Gasteiger partial charge < -0.3 is 10.3 Å². The van der Waals surface area contributed by atoms with Crippen molar-refractivity contribution in [2.75, 3.05) is 0 Å². The van der Waals surface area contributed by atoms with E-state index in [1.807, 2.05) is 6.07 Å². The molecule has 112 valence electrons. The smallest absolute Gasteiger partial charge is 0.269 e. The summed E-state index contributed by atoms with van der Waals surface area (Å²) in [4.78, 5) is 17.9. The van der Waals surface area contributed by atoms with Gasteiger partial charge >= 0.3 is 0 Å². The lowest BCUT2D eigenvalue weighted by Crippen LogP contribution is -2.26. The third kappa shape index (κ3) is 3.66. The minimum absolute atomic E-state index is 0.0555. The fourth-order valence-electron chi connectivity index (χ4n) is 2.41. The molecular formula is C15H20N4O2. The van der Waals surface area contributed by atoms with E-state index in [9.17, 15) is 10.1 Å². The summed E-state index contributed by atoms with van der Waals surface area (Å²) >= 11 is 0. The van der Waals surface area contributed by atoms with E-state index < -0.39 is 0 Å². The molecule has 2 unspecified atom stereocenters. The quantitative estimate of drug-likeness (QED) is 0.603. The molecule has 6 nitrogen and oxygen atoms in total. The molecule has 1 heterocycles. The first-order valence-electron chi connectivity index (χ1n) is 7.15. The number of nitrogens with zero attached hydrogens (tertiary/aromatic N) is 2. The highest BCUT2D eigenvalue weighted by atomic mass is 16.6. The molecule has 2 atom stereocenters. The van der Waals surface area contributed by atoms with Gasteiger partial charge in [0.2, 0.25) is 0 Å². The molecule has 0 fully saturated rings. The molecule has 2 N–H and O–H groups in total. The van der Waals surface area contributed by atoms with Gasteiger partial charge in [0.1, 0.15) is 5.82 Å². The molecule has 0 radical (unpaired) electrons. The molecule has 2 rings (SSSR count). The number of nitrogens with one attached hydrogen (secondary N) is 2. The highest BCUT2D eigenvalue weighted by Crippen LogP contribution is 2.25. The average molecular weight is 288 g/mol. The monoisotopic (exact) mass is 288 g/mol. The summed E-state index contributed by atoms with van der Waals surface area (Å²) in [5.41, 5.74) is 1.05. The second-order valence-electron chi connectivity index (χ2n) is 4.91. The SMILES string of the molecule is CCC(NC(CC)c1ncc[nH]1)c1cccc([N+](=O)[O-])c1. The summed E-state index contributed by atoms with van der Waals surface area (Å²) in [5.74, 6) is 0.890. The Hall–Kier alpha value is -2.21. The summed E-state index contributed by atoms with van der Waals surface area (Å²) in [6.45, 7) is 4.14. The summed E-state index contributed by atoms with van der Waals surface area (Å²) in [6.07, 6.45) is 5.26. The number of nitro groups is 1. The van der Waals surface area contributed by atoms with Crippen molar-refractivity contribution < 1.29 is 4.92 Å². The molecule has 0 bridgehead atoms. The van der Waals surface area contributed by atoms with Crippen LogP contribution in [0.2, 0.25) is 0 Å². The number of aromatic nitrogens is 2. The number of rotatable bonds is 7. The molecule has 2 aromatic rings. The van der Waals surface area contributed by atoms with Crippen molar-refractivity contribution in [3.05, 3.63) is 58.2 Å². The van der Waals surface area contributed by atoms with Gasteiger partial charge in [0.25, 0.3) is 5.69 Å². The van der Waals surface area contributed by atoms with Crippen LogP contribution >= 0.6 is 0 Å². The summed E-state index contributed by atoms with van der Waals surface area (Å²) in [6, 6.07) is 6.95. The van der Waals surface area contributed by atoms with Crippen LogP contribution in [0, 0.1) is 10.1 Å². The van der Waals surface area contributed by atoms with Gasteiger partial charge in [0.15, 0.2) is 0 Å².